The van der Waals surface area contributed by atoms with Crippen LogP contribution in [0.15, 0.2) is 0 Å². The number of hydrogen-bond donors (Lipinski definition) is 1. The van der Waals surface area contributed by atoms with Crippen LogP contribution in [0, 0.1) is 45.8 Å². The number of nitrogens with zero attached hydrogens (tertiary/aromatic N) is 1. The molecule has 128 valence electrons. The molecule has 0 aromatic rings. The highest BCUT2D eigenvalue weighted by atomic mass is 16.3. The van der Waals surface area contributed by atoms with E-state index < -0.39 is 5.60 Å². The minimum Gasteiger partial charge on any atom is -0.388 e. The molecular weight excluding hydrogens is 282 g/mol. The fourth-order valence-corrected chi connectivity index (χ4v) is 7.83. The minimum absolute atomic E-state index is 0.0121. The molecule has 4 aliphatic rings. The van der Waals surface area contributed by atoms with Gasteiger partial charge in [0.2, 0.25) is 0 Å². The molecule has 7 atom stereocenters. The summed E-state index contributed by atoms with van der Waals surface area (Å²) in [6.45, 7) is 4.92. The zero-order valence-corrected chi connectivity index (χ0v) is 15.0. The molecule has 2 heteroatoms. The first kappa shape index (κ1) is 15.9. The van der Waals surface area contributed by atoms with Crippen LogP contribution in [0.25, 0.3) is 0 Å². The summed E-state index contributed by atoms with van der Waals surface area (Å²) in [5.74, 6) is 3.30. The molecule has 0 aromatic carbocycles. The molecule has 4 rings (SSSR count). The van der Waals surface area contributed by atoms with Gasteiger partial charge in [-0.3, -0.25) is 0 Å². The molecule has 0 saturated heterocycles. The van der Waals surface area contributed by atoms with Crippen LogP contribution >= 0.6 is 0 Å². The van der Waals surface area contributed by atoms with Crippen LogP contribution in [0.5, 0.6) is 0 Å². The van der Waals surface area contributed by atoms with Gasteiger partial charge in [0.1, 0.15) is 0 Å². The maximum atomic E-state index is 11.2. The molecule has 0 radical (unpaired) electrons. The van der Waals surface area contributed by atoms with Gasteiger partial charge in [0.05, 0.1) is 18.1 Å². The number of aliphatic hydroxyl groups is 1. The molecule has 7 unspecified atom stereocenters. The number of rotatable bonds is 1. The lowest BCUT2D eigenvalue weighted by molar-refractivity contribution is -0.149. The van der Waals surface area contributed by atoms with Crippen molar-refractivity contribution >= 4 is 0 Å². The first-order valence-corrected chi connectivity index (χ1v) is 10.0. The van der Waals surface area contributed by atoms with Crippen molar-refractivity contribution < 1.29 is 5.11 Å². The van der Waals surface area contributed by atoms with Crippen LogP contribution in [0.2, 0.25) is 0 Å². The van der Waals surface area contributed by atoms with Crippen molar-refractivity contribution in [3.8, 4) is 6.07 Å². The molecule has 23 heavy (non-hydrogen) atoms. The van der Waals surface area contributed by atoms with Crippen molar-refractivity contribution in [1.29, 1.82) is 5.26 Å². The van der Waals surface area contributed by atoms with E-state index in [2.05, 4.69) is 19.9 Å². The monoisotopic (exact) mass is 315 g/mol. The van der Waals surface area contributed by atoms with Crippen molar-refractivity contribution in [3.63, 3.8) is 0 Å². The van der Waals surface area contributed by atoms with Gasteiger partial charge in [-0.1, -0.05) is 26.7 Å². The van der Waals surface area contributed by atoms with Gasteiger partial charge in [0.15, 0.2) is 0 Å². The first-order valence-electron chi connectivity index (χ1n) is 10.0. The standard InChI is InChI=1S/C21H33NO/c1-19-10-4-3-5-15(19)6-7-16-17(19)8-11-20(2)18(16)9-12-21(20,23)13-14-22/h15-18,23H,3-13H2,1-2H3. The highest BCUT2D eigenvalue weighted by molar-refractivity contribution is 5.15. The van der Waals surface area contributed by atoms with Crippen LogP contribution in [0.4, 0.5) is 0 Å². The molecule has 0 heterocycles. The van der Waals surface area contributed by atoms with Crippen LogP contribution in [0.1, 0.15) is 84.5 Å². The molecule has 4 saturated carbocycles. The quantitative estimate of drug-likeness (QED) is 0.734. The molecular formula is C21H33NO. The summed E-state index contributed by atoms with van der Waals surface area (Å²) in [6, 6.07) is 2.28. The Morgan fingerprint density at radius 2 is 1.74 bits per heavy atom. The van der Waals surface area contributed by atoms with Crippen molar-refractivity contribution in [3.05, 3.63) is 0 Å². The summed E-state index contributed by atoms with van der Waals surface area (Å²) in [6.07, 6.45) is 13.3. The zero-order valence-electron chi connectivity index (χ0n) is 15.0. The van der Waals surface area contributed by atoms with Gasteiger partial charge < -0.3 is 5.11 Å². The van der Waals surface area contributed by atoms with Gasteiger partial charge in [-0.2, -0.15) is 5.26 Å². The van der Waals surface area contributed by atoms with E-state index in [0.29, 0.717) is 17.8 Å². The van der Waals surface area contributed by atoms with E-state index in [4.69, 9.17) is 0 Å². The van der Waals surface area contributed by atoms with Crippen LogP contribution in [0.3, 0.4) is 0 Å². The fraction of sp³-hybridized carbons (Fsp3) is 0.952. The Morgan fingerprint density at radius 1 is 0.957 bits per heavy atom. The van der Waals surface area contributed by atoms with E-state index >= 15 is 0 Å². The number of fused-ring (bicyclic) bond motifs is 5. The molecule has 2 nitrogen and oxygen atoms in total. The molecule has 0 amide bonds. The molecule has 0 spiro atoms. The Bertz CT molecular complexity index is 524. The largest absolute Gasteiger partial charge is 0.388 e. The van der Waals surface area contributed by atoms with Gasteiger partial charge in [0, 0.05) is 5.41 Å². The summed E-state index contributed by atoms with van der Waals surface area (Å²) in [5, 5.41) is 20.4. The summed E-state index contributed by atoms with van der Waals surface area (Å²) >= 11 is 0. The third kappa shape index (κ3) is 2.02. The predicted octanol–water partition coefficient (Wildman–Crippen LogP) is 5.06. The fourth-order valence-electron chi connectivity index (χ4n) is 7.83. The van der Waals surface area contributed by atoms with Gasteiger partial charge in [0.25, 0.3) is 0 Å². The second kappa shape index (κ2) is 5.22. The van der Waals surface area contributed by atoms with E-state index in [1.54, 1.807) is 0 Å². The summed E-state index contributed by atoms with van der Waals surface area (Å²) in [4.78, 5) is 0. The Morgan fingerprint density at radius 3 is 2.52 bits per heavy atom. The van der Waals surface area contributed by atoms with Gasteiger partial charge in [-0.15, -0.1) is 0 Å². The van der Waals surface area contributed by atoms with Crippen molar-refractivity contribution in [2.45, 2.75) is 90.1 Å². The number of nitriles is 1. The molecule has 0 bridgehead atoms. The van der Waals surface area contributed by atoms with E-state index in [1.165, 1.54) is 44.9 Å². The maximum absolute atomic E-state index is 11.2. The predicted molar refractivity (Wildman–Crippen MR) is 91.5 cm³/mol. The van der Waals surface area contributed by atoms with Gasteiger partial charge in [-0.25, -0.2) is 0 Å². The van der Waals surface area contributed by atoms with E-state index in [0.717, 1.165) is 37.0 Å². The Kier molecular flexibility index (Phi) is 3.62. The average molecular weight is 316 g/mol. The lowest BCUT2D eigenvalue weighted by Gasteiger charge is -2.61. The first-order chi connectivity index (χ1) is 10.9. The molecule has 4 aliphatic carbocycles. The third-order valence-electron chi connectivity index (χ3n) is 9.28. The normalized spacial score (nSPS) is 55.4. The van der Waals surface area contributed by atoms with E-state index in [-0.39, 0.29) is 5.41 Å². The molecule has 1 N–H and O–H groups in total. The lowest BCUT2D eigenvalue weighted by atomic mass is 9.44. The van der Waals surface area contributed by atoms with Crippen LogP contribution in [-0.4, -0.2) is 10.7 Å². The van der Waals surface area contributed by atoms with Gasteiger partial charge in [-0.05, 0) is 80.5 Å². The van der Waals surface area contributed by atoms with Crippen molar-refractivity contribution in [1.82, 2.24) is 0 Å². The third-order valence-corrected chi connectivity index (χ3v) is 9.28. The van der Waals surface area contributed by atoms with Crippen LogP contribution < -0.4 is 0 Å². The Labute approximate surface area is 141 Å². The minimum atomic E-state index is -0.721. The molecule has 4 fully saturated rings. The SMILES string of the molecule is CC12CCCCC1CCC1C2CCC2(C)C1CCC2(O)CC#N. The van der Waals surface area contributed by atoms with Crippen LogP contribution in [-0.2, 0) is 0 Å². The topological polar surface area (TPSA) is 44.0 Å². The summed E-state index contributed by atoms with van der Waals surface area (Å²) < 4.78 is 0. The Hall–Kier alpha value is -0.550. The van der Waals surface area contributed by atoms with Crippen molar-refractivity contribution in [2.75, 3.05) is 0 Å². The lowest BCUT2D eigenvalue weighted by Crippen LogP contribution is -2.56. The second-order valence-electron chi connectivity index (χ2n) is 9.76. The van der Waals surface area contributed by atoms with Gasteiger partial charge >= 0.3 is 0 Å². The smallest absolute Gasteiger partial charge is 0.0833 e. The summed E-state index contributed by atoms with van der Waals surface area (Å²) in [5.41, 5.74) is -0.165. The number of hydrogen-bond acceptors (Lipinski definition) is 2. The Balaban J connectivity index is 1.64. The summed E-state index contributed by atoms with van der Waals surface area (Å²) in [7, 11) is 0. The highest BCUT2D eigenvalue weighted by Crippen LogP contribution is 2.68. The van der Waals surface area contributed by atoms with E-state index in [1.807, 2.05) is 0 Å². The van der Waals surface area contributed by atoms with E-state index in [9.17, 15) is 10.4 Å². The maximum Gasteiger partial charge on any atom is 0.0833 e. The molecule has 0 aliphatic heterocycles. The average Bonchev–Trinajstić information content (AvgIpc) is 2.79. The zero-order chi connectivity index (χ0) is 16.3. The second-order valence-corrected chi connectivity index (χ2v) is 9.76. The highest BCUT2D eigenvalue weighted by Gasteiger charge is 2.64. The van der Waals surface area contributed by atoms with Crippen molar-refractivity contribution in [2.24, 2.45) is 34.5 Å². The molecule has 0 aromatic heterocycles.